The molecule has 0 unspecified atom stereocenters. The van der Waals surface area contributed by atoms with Crippen molar-refractivity contribution in [2.75, 3.05) is 13.1 Å². The number of benzene rings is 1. The molecule has 5 heteroatoms. The van der Waals surface area contributed by atoms with E-state index >= 15 is 0 Å². The van der Waals surface area contributed by atoms with Crippen LogP contribution in [0.15, 0.2) is 23.4 Å². The molecule has 0 bridgehead atoms. The molecule has 0 atom stereocenters. The molecule has 0 aromatic heterocycles. The van der Waals surface area contributed by atoms with E-state index < -0.39 is 0 Å². The minimum absolute atomic E-state index is 0.0762. The minimum Gasteiger partial charge on any atom is -0.409 e. The van der Waals surface area contributed by atoms with Crippen molar-refractivity contribution in [2.24, 2.45) is 16.8 Å². The van der Waals surface area contributed by atoms with E-state index in [1.807, 2.05) is 0 Å². The van der Waals surface area contributed by atoms with Crippen LogP contribution in [-0.4, -0.2) is 29.0 Å². The highest BCUT2D eigenvalue weighted by atomic mass is 19.1. The van der Waals surface area contributed by atoms with E-state index in [9.17, 15) is 4.39 Å². The summed E-state index contributed by atoms with van der Waals surface area (Å²) >= 11 is 0. The smallest absolute Gasteiger partial charge is 0.170 e. The molecule has 0 aliphatic heterocycles. The Bertz CT molecular complexity index is 446. The average Bonchev–Trinajstić information content (AvgIpc) is 2.35. The van der Waals surface area contributed by atoms with Gasteiger partial charge in [-0.3, -0.25) is 4.90 Å². The van der Waals surface area contributed by atoms with Gasteiger partial charge in [0.1, 0.15) is 5.82 Å². The molecule has 3 N–H and O–H groups in total. The van der Waals surface area contributed by atoms with Gasteiger partial charge in [0.2, 0.25) is 0 Å². The summed E-state index contributed by atoms with van der Waals surface area (Å²) in [5.74, 6) is 0.101. The number of amidine groups is 1. The predicted octanol–water partition coefficient (Wildman–Crippen LogP) is 2.40. The van der Waals surface area contributed by atoms with Crippen LogP contribution in [0.3, 0.4) is 0 Å². The number of hydrogen-bond acceptors (Lipinski definition) is 3. The van der Waals surface area contributed by atoms with Crippen molar-refractivity contribution < 1.29 is 9.60 Å². The van der Waals surface area contributed by atoms with E-state index in [4.69, 9.17) is 10.9 Å². The van der Waals surface area contributed by atoms with Gasteiger partial charge < -0.3 is 10.9 Å². The summed E-state index contributed by atoms with van der Waals surface area (Å²) in [5.41, 5.74) is 6.72. The zero-order valence-corrected chi connectivity index (χ0v) is 11.7. The van der Waals surface area contributed by atoms with Crippen LogP contribution >= 0.6 is 0 Å². The fourth-order valence-electron chi connectivity index (χ4n) is 2.03. The molecular weight excluding hydrogens is 245 g/mol. The first kappa shape index (κ1) is 15.4. The Morgan fingerprint density at radius 1 is 1.42 bits per heavy atom. The van der Waals surface area contributed by atoms with Crippen molar-refractivity contribution in [1.82, 2.24) is 4.90 Å². The summed E-state index contributed by atoms with van der Waals surface area (Å²) in [6, 6.07) is 4.50. The van der Waals surface area contributed by atoms with Crippen LogP contribution < -0.4 is 5.73 Å². The third-order valence-electron chi connectivity index (χ3n) is 2.84. The zero-order chi connectivity index (χ0) is 14.4. The number of oxime groups is 1. The van der Waals surface area contributed by atoms with E-state index in [0.717, 1.165) is 18.7 Å². The fourth-order valence-corrected chi connectivity index (χ4v) is 2.03. The molecule has 0 aliphatic carbocycles. The van der Waals surface area contributed by atoms with Crippen molar-refractivity contribution in [3.05, 3.63) is 35.1 Å². The van der Waals surface area contributed by atoms with Gasteiger partial charge in [-0.2, -0.15) is 0 Å². The van der Waals surface area contributed by atoms with Gasteiger partial charge in [-0.25, -0.2) is 4.39 Å². The van der Waals surface area contributed by atoms with Gasteiger partial charge >= 0.3 is 0 Å². The molecule has 0 aliphatic rings. The monoisotopic (exact) mass is 267 g/mol. The molecule has 0 saturated heterocycles. The van der Waals surface area contributed by atoms with Crippen LogP contribution in [0.5, 0.6) is 0 Å². The summed E-state index contributed by atoms with van der Waals surface area (Å²) in [5, 5.41) is 11.5. The summed E-state index contributed by atoms with van der Waals surface area (Å²) in [6.45, 7) is 8.87. The Morgan fingerprint density at radius 2 is 2.11 bits per heavy atom. The first-order valence-corrected chi connectivity index (χ1v) is 6.46. The highest BCUT2D eigenvalue weighted by molar-refractivity contribution is 5.97. The van der Waals surface area contributed by atoms with Gasteiger partial charge in [0.05, 0.1) is 0 Å². The van der Waals surface area contributed by atoms with E-state index in [1.54, 1.807) is 6.07 Å². The van der Waals surface area contributed by atoms with Crippen LogP contribution in [0, 0.1) is 11.7 Å². The Morgan fingerprint density at radius 3 is 2.63 bits per heavy atom. The van der Waals surface area contributed by atoms with Crippen molar-refractivity contribution in [1.29, 1.82) is 0 Å². The molecule has 0 fully saturated rings. The number of hydrogen-bond donors (Lipinski definition) is 2. The normalized spacial score (nSPS) is 12.4. The molecule has 19 heavy (non-hydrogen) atoms. The largest absolute Gasteiger partial charge is 0.409 e. The molecule has 0 amide bonds. The van der Waals surface area contributed by atoms with Gasteiger partial charge in [-0.15, -0.1) is 0 Å². The summed E-state index contributed by atoms with van der Waals surface area (Å²) in [4.78, 5) is 2.23. The second-order valence-corrected chi connectivity index (χ2v) is 5.05. The lowest BCUT2D eigenvalue weighted by atomic mass is 10.1. The van der Waals surface area contributed by atoms with E-state index in [0.29, 0.717) is 18.0 Å². The number of nitrogens with two attached hydrogens (primary N) is 1. The first-order valence-electron chi connectivity index (χ1n) is 6.46. The van der Waals surface area contributed by atoms with Gasteiger partial charge in [-0.05, 0) is 36.2 Å². The molecule has 1 aromatic rings. The Kier molecular flexibility index (Phi) is 5.76. The van der Waals surface area contributed by atoms with Crippen molar-refractivity contribution in [2.45, 2.75) is 27.3 Å². The quantitative estimate of drug-likeness (QED) is 0.360. The molecule has 0 saturated carbocycles. The van der Waals surface area contributed by atoms with Gasteiger partial charge in [0, 0.05) is 18.7 Å². The second-order valence-electron chi connectivity index (χ2n) is 5.05. The van der Waals surface area contributed by atoms with Gasteiger partial charge in [-0.1, -0.05) is 25.9 Å². The van der Waals surface area contributed by atoms with Crippen molar-refractivity contribution in [3.63, 3.8) is 0 Å². The lowest BCUT2D eigenvalue weighted by Gasteiger charge is -2.22. The van der Waals surface area contributed by atoms with E-state index in [-0.39, 0.29) is 11.7 Å². The lowest BCUT2D eigenvalue weighted by Crippen LogP contribution is -2.27. The minimum atomic E-state index is -0.375. The van der Waals surface area contributed by atoms with Crippen molar-refractivity contribution in [3.8, 4) is 0 Å². The first-order chi connectivity index (χ1) is 8.96. The fraction of sp³-hybridized carbons (Fsp3) is 0.500. The maximum absolute atomic E-state index is 13.5. The number of nitrogens with zero attached hydrogens (tertiary/aromatic N) is 2. The van der Waals surface area contributed by atoms with Crippen LogP contribution in [0.2, 0.25) is 0 Å². The van der Waals surface area contributed by atoms with Crippen LogP contribution in [0.25, 0.3) is 0 Å². The molecule has 106 valence electrons. The number of rotatable bonds is 6. The maximum atomic E-state index is 13.5. The maximum Gasteiger partial charge on any atom is 0.170 e. The Hall–Kier alpha value is -1.62. The van der Waals surface area contributed by atoms with Crippen LogP contribution in [0.4, 0.5) is 4.39 Å². The highest BCUT2D eigenvalue weighted by Gasteiger charge is 2.09. The van der Waals surface area contributed by atoms with Crippen LogP contribution in [-0.2, 0) is 6.54 Å². The van der Waals surface area contributed by atoms with E-state index in [2.05, 4.69) is 30.8 Å². The Labute approximate surface area is 113 Å². The van der Waals surface area contributed by atoms with Gasteiger partial charge in [0.15, 0.2) is 5.84 Å². The topological polar surface area (TPSA) is 61.8 Å². The second kappa shape index (κ2) is 7.09. The molecule has 0 radical (unpaired) electrons. The van der Waals surface area contributed by atoms with Crippen molar-refractivity contribution >= 4 is 5.84 Å². The molecular formula is C14H22FN3O. The number of halogens is 1. The summed E-state index contributed by atoms with van der Waals surface area (Å²) < 4.78 is 13.5. The molecule has 4 nitrogen and oxygen atoms in total. The molecule has 0 heterocycles. The zero-order valence-electron chi connectivity index (χ0n) is 11.7. The molecule has 1 rings (SSSR count). The highest BCUT2D eigenvalue weighted by Crippen LogP contribution is 2.13. The molecule has 1 aromatic carbocycles. The predicted molar refractivity (Wildman–Crippen MR) is 74.7 cm³/mol. The Balaban J connectivity index is 2.91. The molecule has 0 spiro atoms. The van der Waals surface area contributed by atoms with Gasteiger partial charge in [0.25, 0.3) is 0 Å². The SMILES string of the molecule is CCN(Cc1cc(F)cc(/C(N)=N/O)c1)CC(C)C. The third-order valence-corrected chi connectivity index (χ3v) is 2.84. The summed E-state index contributed by atoms with van der Waals surface area (Å²) in [6.07, 6.45) is 0. The summed E-state index contributed by atoms with van der Waals surface area (Å²) in [7, 11) is 0. The third kappa shape index (κ3) is 4.87. The lowest BCUT2D eigenvalue weighted by molar-refractivity contribution is 0.248. The average molecular weight is 267 g/mol. The standard InChI is InChI=1S/C14H22FN3O/c1-4-18(8-10(2)3)9-11-5-12(14(16)17-19)7-13(15)6-11/h5-7,10,19H,4,8-9H2,1-3H3,(H2,16,17). The van der Waals surface area contributed by atoms with E-state index in [1.165, 1.54) is 12.1 Å². The van der Waals surface area contributed by atoms with Crippen LogP contribution in [0.1, 0.15) is 31.9 Å².